The molecule has 0 unspecified atom stereocenters. The van der Waals surface area contributed by atoms with Crippen molar-refractivity contribution in [3.8, 4) is 11.3 Å². The monoisotopic (exact) mass is 314 g/mol. The summed E-state index contributed by atoms with van der Waals surface area (Å²) in [5.41, 5.74) is 2.04. The fraction of sp³-hybridized carbons (Fsp3) is 0.312. The van der Waals surface area contributed by atoms with Crippen LogP contribution in [0.3, 0.4) is 0 Å². The largest absolute Gasteiger partial charge is 0.342 e. The minimum Gasteiger partial charge on any atom is -0.342 e. The number of nitrogens with one attached hydrogen (secondary N) is 1. The van der Waals surface area contributed by atoms with Crippen LogP contribution in [0.1, 0.15) is 12.7 Å². The quantitative estimate of drug-likeness (QED) is 0.878. The van der Waals surface area contributed by atoms with Crippen LogP contribution in [0.5, 0.6) is 0 Å². The Kier molecular flexibility index (Phi) is 3.94. The number of carbonyl (C=O) groups is 1. The summed E-state index contributed by atoms with van der Waals surface area (Å²) in [4.78, 5) is 23.5. The van der Waals surface area contributed by atoms with Crippen molar-refractivity contribution in [2.24, 2.45) is 0 Å². The number of amides is 1. The molecule has 22 heavy (non-hydrogen) atoms. The summed E-state index contributed by atoms with van der Waals surface area (Å²) in [5.74, 6) is 0.832. The fourth-order valence-corrected chi connectivity index (χ4v) is 3.09. The second kappa shape index (κ2) is 5.88. The van der Waals surface area contributed by atoms with Gasteiger partial charge in [0.15, 0.2) is 5.11 Å². The average Bonchev–Trinajstić information content (AvgIpc) is 3.09. The molecule has 1 aromatic heterocycles. The Labute approximate surface area is 135 Å². The number of aromatic nitrogens is 2. The summed E-state index contributed by atoms with van der Waals surface area (Å²) >= 11 is 5.31. The number of H-pyrrole nitrogens is 1. The number of thiocarbonyl (C=S) groups is 1. The van der Waals surface area contributed by atoms with Crippen LogP contribution in [0.15, 0.2) is 36.5 Å². The van der Waals surface area contributed by atoms with Crippen LogP contribution in [0.2, 0.25) is 0 Å². The molecule has 1 N–H and O–H groups in total. The first kappa shape index (κ1) is 14.7. The molecular formula is C16H18N4OS. The molecule has 0 saturated carbocycles. The Morgan fingerprint density at radius 1 is 1.32 bits per heavy atom. The van der Waals surface area contributed by atoms with Gasteiger partial charge in [0.25, 0.3) is 5.91 Å². The highest BCUT2D eigenvalue weighted by Gasteiger charge is 2.39. The molecule has 2 aromatic rings. The van der Waals surface area contributed by atoms with Gasteiger partial charge in [-0.3, -0.25) is 9.69 Å². The van der Waals surface area contributed by atoms with E-state index in [1.54, 1.807) is 11.9 Å². The van der Waals surface area contributed by atoms with Crippen LogP contribution in [-0.4, -0.2) is 50.4 Å². The SMILES string of the molecule is CCN1C(=S)N(C)C(=O)[C@H]1Cc1ncc(-c2ccccc2)[nH]1. The molecule has 2 heterocycles. The molecule has 1 aliphatic heterocycles. The number of imidazole rings is 1. The van der Waals surface area contributed by atoms with Crippen molar-refractivity contribution in [1.82, 2.24) is 19.8 Å². The first-order chi connectivity index (χ1) is 10.6. The molecule has 5 nitrogen and oxygen atoms in total. The molecule has 1 fully saturated rings. The topological polar surface area (TPSA) is 52.2 Å². The standard InChI is InChI=1S/C16H18N4OS/c1-3-20-13(15(21)19(2)16(20)22)9-14-17-10-12(18-14)11-7-5-4-6-8-11/h4-8,10,13H,3,9H2,1-2H3,(H,17,18)/t13-/m1/s1. The van der Waals surface area contributed by atoms with E-state index in [1.807, 2.05) is 48.4 Å². The van der Waals surface area contributed by atoms with Crippen molar-refractivity contribution in [3.05, 3.63) is 42.4 Å². The average molecular weight is 314 g/mol. The van der Waals surface area contributed by atoms with E-state index >= 15 is 0 Å². The maximum Gasteiger partial charge on any atom is 0.251 e. The molecule has 1 amide bonds. The Morgan fingerprint density at radius 2 is 2.05 bits per heavy atom. The second-order valence-corrected chi connectivity index (χ2v) is 5.66. The van der Waals surface area contributed by atoms with E-state index in [0.717, 1.165) is 17.1 Å². The Morgan fingerprint density at radius 3 is 2.73 bits per heavy atom. The van der Waals surface area contributed by atoms with Crippen LogP contribution in [-0.2, 0) is 11.2 Å². The van der Waals surface area contributed by atoms with Crippen molar-refractivity contribution in [1.29, 1.82) is 0 Å². The summed E-state index contributed by atoms with van der Waals surface area (Å²) in [6.45, 7) is 2.72. The van der Waals surface area contributed by atoms with Gasteiger partial charge < -0.3 is 9.88 Å². The molecule has 0 aliphatic carbocycles. The summed E-state index contributed by atoms with van der Waals surface area (Å²) in [6.07, 6.45) is 2.34. The first-order valence-corrected chi connectivity index (χ1v) is 7.70. The summed E-state index contributed by atoms with van der Waals surface area (Å²) in [7, 11) is 1.73. The van der Waals surface area contributed by atoms with Crippen LogP contribution in [0.4, 0.5) is 0 Å². The van der Waals surface area contributed by atoms with Gasteiger partial charge in [0, 0.05) is 20.0 Å². The molecule has 1 aromatic carbocycles. The van der Waals surface area contributed by atoms with Crippen LogP contribution in [0, 0.1) is 0 Å². The number of aromatic amines is 1. The zero-order valence-corrected chi connectivity index (χ0v) is 13.4. The van der Waals surface area contributed by atoms with E-state index in [9.17, 15) is 4.79 Å². The Balaban J connectivity index is 1.80. The highest BCUT2D eigenvalue weighted by molar-refractivity contribution is 7.80. The minimum atomic E-state index is -0.266. The number of rotatable bonds is 4. The number of benzene rings is 1. The Bertz CT molecular complexity index is 697. The summed E-state index contributed by atoms with van der Waals surface area (Å²) in [5, 5.41) is 0.590. The molecule has 3 rings (SSSR count). The highest BCUT2D eigenvalue weighted by Crippen LogP contribution is 2.21. The number of hydrogen-bond acceptors (Lipinski definition) is 3. The first-order valence-electron chi connectivity index (χ1n) is 7.29. The predicted molar refractivity (Wildman–Crippen MR) is 89.3 cm³/mol. The molecule has 0 spiro atoms. The number of carbonyl (C=O) groups excluding carboxylic acids is 1. The normalized spacial score (nSPS) is 18.4. The van der Waals surface area contributed by atoms with Crippen molar-refractivity contribution >= 4 is 23.2 Å². The van der Waals surface area contributed by atoms with Crippen LogP contribution < -0.4 is 0 Å². The van der Waals surface area contributed by atoms with Gasteiger partial charge in [0.2, 0.25) is 0 Å². The Hall–Kier alpha value is -2.21. The van der Waals surface area contributed by atoms with E-state index in [2.05, 4.69) is 9.97 Å². The van der Waals surface area contributed by atoms with Crippen molar-refractivity contribution in [2.75, 3.05) is 13.6 Å². The third-order valence-electron chi connectivity index (χ3n) is 3.97. The van der Waals surface area contributed by atoms with Crippen LogP contribution >= 0.6 is 12.2 Å². The maximum atomic E-state index is 12.3. The highest BCUT2D eigenvalue weighted by atomic mass is 32.1. The molecular weight excluding hydrogens is 296 g/mol. The molecule has 1 saturated heterocycles. The van der Waals surface area contributed by atoms with Crippen molar-refractivity contribution in [3.63, 3.8) is 0 Å². The third kappa shape index (κ3) is 2.50. The molecule has 114 valence electrons. The van der Waals surface area contributed by atoms with Gasteiger partial charge in [0.05, 0.1) is 11.9 Å². The van der Waals surface area contributed by atoms with Gasteiger partial charge in [-0.05, 0) is 24.7 Å². The minimum absolute atomic E-state index is 0.0320. The lowest BCUT2D eigenvalue weighted by molar-refractivity contribution is -0.127. The number of hydrogen-bond donors (Lipinski definition) is 1. The lowest BCUT2D eigenvalue weighted by atomic mass is 10.1. The fourth-order valence-electron chi connectivity index (χ4n) is 2.74. The molecule has 0 radical (unpaired) electrons. The van der Waals surface area contributed by atoms with Gasteiger partial charge in [-0.1, -0.05) is 30.3 Å². The van der Waals surface area contributed by atoms with Gasteiger partial charge in [-0.15, -0.1) is 0 Å². The summed E-state index contributed by atoms with van der Waals surface area (Å²) < 4.78 is 0. The van der Waals surface area contributed by atoms with Gasteiger partial charge in [-0.25, -0.2) is 4.98 Å². The zero-order chi connectivity index (χ0) is 15.7. The van der Waals surface area contributed by atoms with Gasteiger partial charge >= 0.3 is 0 Å². The zero-order valence-electron chi connectivity index (χ0n) is 12.6. The van der Waals surface area contributed by atoms with E-state index in [4.69, 9.17) is 12.2 Å². The predicted octanol–water partition coefficient (Wildman–Crippen LogP) is 2.07. The maximum absolute atomic E-state index is 12.3. The van der Waals surface area contributed by atoms with Crippen molar-refractivity contribution < 1.29 is 4.79 Å². The summed E-state index contributed by atoms with van der Waals surface area (Å²) in [6, 6.07) is 9.75. The van der Waals surface area contributed by atoms with Gasteiger partial charge in [-0.2, -0.15) is 0 Å². The molecule has 1 atom stereocenters. The van der Waals surface area contributed by atoms with Crippen LogP contribution in [0.25, 0.3) is 11.3 Å². The number of likely N-dealkylation sites (N-methyl/N-ethyl adjacent to an activating group) is 2. The third-order valence-corrected chi connectivity index (χ3v) is 4.47. The van der Waals surface area contributed by atoms with Gasteiger partial charge in [0.1, 0.15) is 11.9 Å². The van der Waals surface area contributed by atoms with E-state index in [-0.39, 0.29) is 11.9 Å². The lowest BCUT2D eigenvalue weighted by Gasteiger charge is -2.20. The van der Waals surface area contributed by atoms with E-state index in [1.165, 1.54) is 0 Å². The molecule has 1 aliphatic rings. The molecule has 0 bridgehead atoms. The van der Waals surface area contributed by atoms with E-state index in [0.29, 0.717) is 18.1 Å². The van der Waals surface area contributed by atoms with E-state index < -0.39 is 0 Å². The lowest BCUT2D eigenvalue weighted by Crippen LogP contribution is -2.36. The number of nitrogens with zero attached hydrogens (tertiary/aromatic N) is 3. The smallest absolute Gasteiger partial charge is 0.251 e. The second-order valence-electron chi connectivity index (χ2n) is 5.30. The van der Waals surface area contributed by atoms with Crippen molar-refractivity contribution in [2.45, 2.75) is 19.4 Å². The molecule has 6 heteroatoms.